The quantitative estimate of drug-likeness (QED) is 0.665. The predicted octanol–water partition coefficient (Wildman–Crippen LogP) is 2.71. The Kier molecular flexibility index (Phi) is 2.82. The van der Waals surface area contributed by atoms with Gasteiger partial charge < -0.3 is 4.72 Å². The summed E-state index contributed by atoms with van der Waals surface area (Å²) in [6, 6.07) is 6.25. The first-order valence-electron chi connectivity index (χ1n) is 3.82. The number of aryl methyl sites for hydroxylation is 2. The molecule has 0 atom stereocenters. The highest BCUT2D eigenvalue weighted by Crippen LogP contribution is 2.16. The molecule has 0 radical (unpaired) electrons. The SMILES string of the molecule is C=C(NS)c1ccc(C)cc1C. The standard InChI is InChI=1S/C10H13NS/c1-7-4-5-10(8(2)6-7)9(3)11-12/h4-6,11-12H,3H2,1-2H3. The predicted molar refractivity (Wildman–Crippen MR) is 57.1 cm³/mol. The second kappa shape index (κ2) is 3.68. The molecule has 0 amide bonds. The van der Waals surface area contributed by atoms with Crippen molar-refractivity contribution >= 4 is 18.5 Å². The second-order valence-electron chi connectivity index (χ2n) is 2.91. The lowest BCUT2D eigenvalue weighted by Gasteiger charge is -2.08. The van der Waals surface area contributed by atoms with E-state index in [4.69, 9.17) is 0 Å². The van der Waals surface area contributed by atoms with Gasteiger partial charge in [0.1, 0.15) is 0 Å². The van der Waals surface area contributed by atoms with E-state index >= 15 is 0 Å². The van der Waals surface area contributed by atoms with Gasteiger partial charge >= 0.3 is 0 Å². The van der Waals surface area contributed by atoms with Crippen molar-refractivity contribution in [3.05, 3.63) is 41.5 Å². The molecule has 0 heterocycles. The van der Waals surface area contributed by atoms with Gasteiger partial charge in [-0.3, -0.25) is 0 Å². The maximum atomic E-state index is 3.95. The Morgan fingerprint density at radius 1 is 1.42 bits per heavy atom. The van der Waals surface area contributed by atoms with Crippen molar-refractivity contribution in [2.45, 2.75) is 13.8 Å². The molecular formula is C10H13NS. The van der Waals surface area contributed by atoms with Crippen LogP contribution in [0.1, 0.15) is 16.7 Å². The third kappa shape index (κ3) is 1.83. The number of hydrogen-bond donors (Lipinski definition) is 2. The number of benzene rings is 1. The summed E-state index contributed by atoms with van der Waals surface area (Å²) in [7, 11) is 0. The van der Waals surface area contributed by atoms with Crippen LogP contribution in [0.4, 0.5) is 0 Å². The molecule has 1 N–H and O–H groups in total. The molecule has 0 bridgehead atoms. The van der Waals surface area contributed by atoms with E-state index in [1.54, 1.807) is 0 Å². The van der Waals surface area contributed by atoms with Crippen LogP contribution in [0, 0.1) is 13.8 Å². The van der Waals surface area contributed by atoms with E-state index in [0.717, 1.165) is 11.3 Å². The van der Waals surface area contributed by atoms with Crippen LogP contribution in [0.3, 0.4) is 0 Å². The molecule has 12 heavy (non-hydrogen) atoms. The lowest BCUT2D eigenvalue weighted by atomic mass is 10.0. The summed E-state index contributed by atoms with van der Waals surface area (Å²) < 4.78 is 2.74. The first-order chi connectivity index (χ1) is 5.65. The first-order valence-corrected chi connectivity index (χ1v) is 4.26. The van der Waals surface area contributed by atoms with Crippen molar-refractivity contribution in [3.8, 4) is 0 Å². The highest BCUT2D eigenvalue weighted by atomic mass is 32.1. The Balaban J connectivity index is 3.09. The van der Waals surface area contributed by atoms with Crippen LogP contribution >= 0.6 is 12.8 Å². The molecule has 1 rings (SSSR count). The van der Waals surface area contributed by atoms with Gasteiger partial charge in [-0.2, -0.15) is 0 Å². The molecule has 0 spiro atoms. The summed E-state index contributed by atoms with van der Waals surface area (Å²) in [6.07, 6.45) is 0. The lowest BCUT2D eigenvalue weighted by molar-refractivity contribution is 1.32. The number of nitrogens with one attached hydrogen (secondary N) is 1. The van der Waals surface area contributed by atoms with Gasteiger partial charge in [0, 0.05) is 11.3 Å². The summed E-state index contributed by atoms with van der Waals surface area (Å²) in [5, 5.41) is 0. The molecule has 1 aromatic carbocycles. The van der Waals surface area contributed by atoms with E-state index < -0.39 is 0 Å². The van der Waals surface area contributed by atoms with E-state index in [2.05, 4.69) is 56.2 Å². The Labute approximate surface area is 79.0 Å². The van der Waals surface area contributed by atoms with E-state index in [9.17, 15) is 0 Å². The summed E-state index contributed by atoms with van der Waals surface area (Å²) in [5.41, 5.74) is 4.45. The van der Waals surface area contributed by atoms with Crippen molar-refractivity contribution in [1.29, 1.82) is 0 Å². The zero-order valence-electron chi connectivity index (χ0n) is 7.39. The Morgan fingerprint density at radius 3 is 2.58 bits per heavy atom. The molecule has 0 unspecified atom stereocenters. The largest absolute Gasteiger partial charge is 0.332 e. The average molecular weight is 179 g/mol. The normalized spacial score (nSPS) is 9.58. The summed E-state index contributed by atoms with van der Waals surface area (Å²) >= 11 is 3.95. The minimum absolute atomic E-state index is 0.843. The summed E-state index contributed by atoms with van der Waals surface area (Å²) in [5.74, 6) is 0. The molecular weight excluding hydrogens is 166 g/mol. The Hall–Kier alpha value is -0.890. The van der Waals surface area contributed by atoms with Crippen LogP contribution in [0.2, 0.25) is 0 Å². The first kappa shape index (κ1) is 9.20. The smallest absolute Gasteiger partial charge is 0.0441 e. The summed E-state index contributed by atoms with van der Waals surface area (Å²) in [4.78, 5) is 0. The fourth-order valence-electron chi connectivity index (χ4n) is 1.21. The van der Waals surface area contributed by atoms with Crippen LogP contribution in [0.5, 0.6) is 0 Å². The summed E-state index contributed by atoms with van der Waals surface area (Å²) in [6.45, 7) is 7.99. The topological polar surface area (TPSA) is 12.0 Å². The zero-order chi connectivity index (χ0) is 9.14. The van der Waals surface area contributed by atoms with Gasteiger partial charge in [-0.05, 0) is 19.4 Å². The monoisotopic (exact) mass is 179 g/mol. The van der Waals surface area contributed by atoms with Gasteiger partial charge in [-0.25, -0.2) is 0 Å². The molecule has 2 heteroatoms. The highest BCUT2D eigenvalue weighted by molar-refractivity contribution is 7.78. The van der Waals surface area contributed by atoms with Gasteiger partial charge in [-0.1, -0.05) is 43.2 Å². The maximum absolute atomic E-state index is 3.95. The van der Waals surface area contributed by atoms with Crippen LogP contribution in [-0.4, -0.2) is 0 Å². The molecule has 0 saturated heterocycles. The third-order valence-electron chi connectivity index (χ3n) is 1.84. The van der Waals surface area contributed by atoms with E-state index in [1.807, 2.05) is 0 Å². The van der Waals surface area contributed by atoms with Gasteiger partial charge in [0.15, 0.2) is 0 Å². The molecule has 0 saturated carbocycles. The van der Waals surface area contributed by atoms with E-state index in [-0.39, 0.29) is 0 Å². The minimum Gasteiger partial charge on any atom is -0.332 e. The lowest BCUT2D eigenvalue weighted by Crippen LogP contribution is -1.98. The molecule has 1 aromatic rings. The van der Waals surface area contributed by atoms with Gasteiger partial charge in [0.2, 0.25) is 0 Å². The van der Waals surface area contributed by atoms with E-state index in [0.29, 0.717) is 0 Å². The number of thiol groups is 1. The van der Waals surface area contributed by atoms with Crippen molar-refractivity contribution < 1.29 is 0 Å². The van der Waals surface area contributed by atoms with Crippen LogP contribution in [0.25, 0.3) is 5.70 Å². The van der Waals surface area contributed by atoms with Crippen molar-refractivity contribution in [1.82, 2.24) is 4.72 Å². The molecule has 0 fully saturated rings. The second-order valence-corrected chi connectivity index (χ2v) is 3.13. The Morgan fingerprint density at radius 2 is 2.08 bits per heavy atom. The van der Waals surface area contributed by atoms with Crippen molar-refractivity contribution in [3.63, 3.8) is 0 Å². The average Bonchev–Trinajstić information content (AvgIpc) is 2.03. The molecule has 0 aliphatic heterocycles. The number of hydrogen-bond acceptors (Lipinski definition) is 2. The fraction of sp³-hybridized carbons (Fsp3) is 0.200. The number of rotatable bonds is 2. The molecule has 0 aliphatic carbocycles. The van der Waals surface area contributed by atoms with E-state index in [1.165, 1.54) is 11.1 Å². The zero-order valence-corrected chi connectivity index (χ0v) is 8.28. The molecule has 64 valence electrons. The van der Waals surface area contributed by atoms with Crippen LogP contribution in [-0.2, 0) is 0 Å². The highest BCUT2D eigenvalue weighted by Gasteiger charge is 2.00. The van der Waals surface area contributed by atoms with Crippen LogP contribution in [0.15, 0.2) is 24.8 Å². The van der Waals surface area contributed by atoms with Gasteiger partial charge in [0.05, 0.1) is 0 Å². The molecule has 0 aromatic heterocycles. The van der Waals surface area contributed by atoms with Crippen molar-refractivity contribution in [2.75, 3.05) is 0 Å². The van der Waals surface area contributed by atoms with Crippen LogP contribution < -0.4 is 4.72 Å². The van der Waals surface area contributed by atoms with Crippen molar-refractivity contribution in [2.24, 2.45) is 0 Å². The fourth-order valence-corrected chi connectivity index (χ4v) is 1.33. The molecule has 1 nitrogen and oxygen atoms in total. The van der Waals surface area contributed by atoms with Gasteiger partial charge in [0.25, 0.3) is 0 Å². The third-order valence-corrected chi connectivity index (χ3v) is 2.11. The van der Waals surface area contributed by atoms with Gasteiger partial charge in [-0.15, -0.1) is 0 Å². The minimum atomic E-state index is 0.843. The molecule has 0 aliphatic rings. The maximum Gasteiger partial charge on any atom is 0.0441 e. The Bertz CT molecular complexity index is 305.